The molecule has 1 aromatic carbocycles. The van der Waals surface area contributed by atoms with Crippen LogP contribution < -0.4 is 0 Å². The minimum absolute atomic E-state index is 0.147. The summed E-state index contributed by atoms with van der Waals surface area (Å²) in [6.45, 7) is 4.87. The van der Waals surface area contributed by atoms with Crippen LogP contribution in [0.4, 0.5) is 0 Å². The maximum Gasteiger partial charge on any atom is 0.310 e. The van der Waals surface area contributed by atoms with Gasteiger partial charge in [-0.15, -0.1) is 0 Å². The zero-order valence-electron chi connectivity index (χ0n) is 14.5. The van der Waals surface area contributed by atoms with E-state index in [9.17, 15) is 9.59 Å². The molecule has 0 N–H and O–H groups in total. The lowest BCUT2D eigenvalue weighted by Crippen LogP contribution is -2.43. The highest BCUT2D eigenvalue weighted by Crippen LogP contribution is 2.28. The van der Waals surface area contributed by atoms with E-state index in [1.807, 2.05) is 30.3 Å². The van der Waals surface area contributed by atoms with Gasteiger partial charge in [-0.1, -0.05) is 35.5 Å². The monoisotopic (exact) mass is 342 g/mol. The van der Waals surface area contributed by atoms with E-state index in [0.29, 0.717) is 36.7 Å². The molecule has 0 spiro atoms. The molecule has 0 unspecified atom stereocenters. The minimum Gasteiger partial charge on any atom is -0.466 e. The number of aryl methyl sites for hydroxylation is 1. The van der Waals surface area contributed by atoms with Crippen LogP contribution in [-0.2, 0) is 9.53 Å². The molecule has 0 radical (unpaired) electrons. The Hall–Kier alpha value is -2.63. The predicted molar refractivity (Wildman–Crippen MR) is 91.9 cm³/mol. The number of carbonyl (C=O) groups excluding carboxylic acids is 2. The van der Waals surface area contributed by atoms with Crippen molar-refractivity contribution in [1.29, 1.82) is 0 Å². The smallest absolute Gasteiger partial charge is 0.310 e. The molecular formula is C19H22N2O4. The molecule has 1 aliphatic rings. The van der Waals surface area contributed by atoms with Gasteiger partial charge in [0.2, 0.25) is 0 Å². The molecule has 1 saturated heterocycles. The second-order valence-electron chi connectivity index (χ2n) is 6.17. The molecular weight excluding hydrogens is 320 g/mol. The van der Waals surface area contributed by atoms with Gasteiger partial charge < -0.3 is 14.2 Å². The Morgan fingerprint density at radius 3 is 2.80 bits per heavy atom. The van der Waals surface area contributed by atoms with E-state index < -0.39 is 0 Å². The van der Waals surface area contributed by atoms with Crippen molar-refractivity contribution in [3.05, 3.63) is 41.7 Å². The normalized spacial score (nSPS) is 17.4. The van der Waals surface area contributed by atoms with Crippen molar-refractivity contribution in [1.82, 2.24) is 10.1 Å². The number of benzene rings is 1. The van der Waals surface area contributed by atoms with Crippen molar-refractivity contribution in [2.75, 3.05) is 19.7 Å². The van der Waals surface area contributed by atoms with Gasteiger partial charge in [0.1, 0.15) is 17.0 Å². The summed E-state index contributed by atoms with van der Waals surface area (Å²) in [5.74, 6) is -0.156. The van der Waals surface area contributed by atoms with Crippen LogP contribution in [0.5, 0.6) is 0 Å². The van der Waals surface area contributed by atoms with Gasteiger partial charge in [0.05, 0.1) is 12.5 Å². The maximum absolute atomic E-state index is 13.1. The average Bonchev–Trinajstić information content (AvgIpc) is 3.03. The third kappa shape index (κ3) is 3.57. The van der Waals surface area contributed by atoms with E-state index in [-0.39, 0.29) is 17.8 Å². The summed E-state index contributed by atoms with van der Waals surface area (Å²) in [6.07, 6.45) is 1.52. The number of amides is 1. The van der Waals surface area contributed by atoms with Crippen LogP contribution in [0, 0.1) is 12.8 Å². The van der Waals surface area contributed by atoms with Gasteiger partial charge >= 0.3 is 5.97 Å². The Balaban J connectivity index is 1.84. The number of nitrogens with zero attached hydrogens (tertiary/aromatic N) is 2. The highest BCUT2D eigenvalue weighted by molar-refractivity contribution is 6.01. The molecule has 0 aliphatic carbocycles. The second kappa shape index (κ2) is 7.51. The molecule has 6 heteroatoms. The lowest BCUT2D eigenvalue weighted by atomic mass is 9.96. The van der Waals surface area contributed by atoms with Crippen LogP contribution in [-0.4, -0.2) is 41.6 Å². The van der Waals surface area contributed by atoms with Gasteiger partial charge in [0.25, 0.3) is 5.91 Å². The number of carbonyl (C=O) groups is 2. The highest BCUT2D eigenvalue weighted by Gasteiger charge is 2.32. The summed E-state index contributed by atoms with van der Waals surface area (Å²) in [5.41, 5.74) is 1.85. The Morgan fingerprint density at radius 2 is 2.08 bits per heavy atom. The molecule has 1 amide bonds. The first-order valence-electron chi connectivity index (χ1n) is 8.59. The molecule has 6 nitrogen and oxygen atoms in total. The number of ether oxygens (including phenoxy) is 1. The molecule has 0 saturated carbocycles. The summed E-state index contributed by atoms with van der Waals surface area (Å²) >= 11 is 0. The Kier molecular flexibility index (Phi) is 5.16. The van der Waals surface area contributed by atoms with Crippen LogP contribution in [0.2, 0.25) is 0 Å². The third-order valence-electron chi connectivity index (χ3n) is 4.45. The Labute approximate surface area is 146 Å². The summed E-state index contributed by atoms with van der Waals surface area (Å²) in [7, 11) is 0. The van der Waals surface area contributed by atoms with Gasteiger partial charge in [0.15, 0.2) is 0 Å². The summed E-state index contributed by atoms with van der Waals surface area (Å²) in [6, 6.07) is 9.49. The summed E-state index contributed by atoms with van der Waals surface area (Å²) in [5, 5.41) is 4.07. The van der Waals surface area contributed by atoms with Crippen LogP contribution in [0.1, 0.15) is 35.9 Å². The van der Waals surface area contributed by atoms with E-state index in [1.54, 1.807) is 18.7 Å². The predicted octanol–water partition coefficient (Wildman–Crippen LogP) is 3.07. The van der Waals surface area contributed by atoms with Gasteiger partial charge in [-0.05, 0) is 26.7 Å². The van der Waals surface area contributed by atoms with Crippen molar-refractivity contribution in [2.45, 2.75) is 26.7 Å². The Morgan fingerprint density at radius 1 is 1.32 bits per heavy atom. The number of rotatable bonds is 4. The van der Waals surface area contributed by atoms with Gasteiger partial charge in [0, 0.05) is 18.7 Å². The molecule has 1 fully saturated rings. The number of piperidine rings is 1. The molecule has 1 atom stereocenters. The van der Waals surface area contributed by atoms with E-state index in [2.05, 4.69) is 5.16 Å². The standard InChI is InChI=1S/C19H22N2O4/c1-3-24-19(23)15-10-7-11-21(12-15)18(22)16-13(2)25-20-17(16)14-8-5-4-6-9-14/h4-6,8-9,15H,3,7,10-12H2,1-2H3/t15-/m0/s1. The lowest BCUT2D eigenvalue weighted by Gasteiger charge is -2.31. The van der Waals surface area contributed by atoms with Crippen molar-refractivity contribution in [3.63, 3.8) is 0 Å². The van der Waals surface area contributed by atoms with Crippen molar-refractivity contribution in [2.24, 2.45) is 5.92 Å². The van der Waals surface area contributed by atoms with E-state index in [4.69, 9.17) is 9.26 Å². The number of hydrogen-bond donors (Lipinski definition) is 0. The minimum atomic E-state index is -0.266. The summed E-state index contributed by atoms with van der Waals surface area (Å²) in [4.78, 5) is 26.8. The fourth-order valence-corrected chi connectivity index (χ4v) is 3.19. The van der Waals surface area contributed by atoms with Crippen molar-refractivity contribution in [3.8, 4) is 11.3 Å². The largest absolute Gasteiger partial charge is 0.466 e. The SMILES string of the molecule is CCOC(=O)[C@H]1CCCN(C(=O)c2c(-c3ccccc3)noc2C)C1. The molecule has 2 heterocycles. The van der Waals surface area contributed by atoms with Crippen molar-refractivity contribution < 1.29 is 18.8 Å². The van der Waals surface area contributed by atoms with E-state index in [0.717, 1.165) is 18.4 Å². The lowest BCUT2D eigenvalue weighted by molar-refractivity contribution is -0.149. The fraction of sp³-hybridized carbons (Fsp3) is 0.421. The average molecular weight is 342 g/mol. The zero-order chi connectivity index (χ0) is 17.8. The first-order chi connectivity index (χ1) is 12.1. The van der Waals surface area contributed by atoms with Crippen LogP contribution in [0.3, 0.4) is 0 Å². The van der Waals surface area contributed by atoms with E-state index >= 15 is 0 Å². The Bertz CT molecular complexity index is 754. The number of aromatic nitrogens is 1. The molecule has 25 heavy (non-hydrogen) atoms. The number of likely N-dealkylation sites (tertiary alicyclic amines) is 1. The third-order valence-corrected chi connectivity index (χ3v) is 4.45. The van der Waals surface area contributed by atoms with Gasteiger partial charge in [-0.25, -0.2) is 0 Å². The van der Waals surface area contributed by atoms with Crippen molar-refractivity contribution >= 4 is 11.9 Å². The maximum atomic E-state index is 13.1. The molecule has 0 bridgehead atoms. The number of hydrogen-bond acceptors (Lipinski definition) is 5. The quantitative estimate of drug-likeness (QED) is 0.799. The van der Waals surface area contributed by atoms with Crippen LogP contribution in [0.25, 0.3) is 11.3 Å². The molecule has 1 aliphatic heterocycles. The molecule has 1 aromatic heterocycles. The van der Waals surface area contributed by atoms with Crippen LogP contribution in [0.15, 0.2) is 34.9 Å². The number of esters is 1. The first-order valence-corrected chi connectivity index (χ1v) is 8.59. The van der Waals surface area contributed by atoms with Crippen LogP contribution >= 0.6 is 0 Å². The molecule has 3 rings (SSSR count). The van der Waals surface area contributed by atoms with Gasteiger partial charge in [-0.3, -0.25) is 9.59 Å². The van der Waals surface area contributed by atoms with Gasteiger partial charge in [-0.2, -0.15) is 0 Å². The topological polar surface area (TPSA) is 72.6 Å². The summed E-state index contributed by atoms with van der Waals surface area (Å²) < 4.78 is 10.4. The zero-order valence-corrected chi connectivity index (χ0v) is 14.5. The van der Waals surface area contributed by atoms with E-state index in [1.165, 1.54) is 0 Å². The molecule has 132 valence electrons. The highest BCUT2D eigenvalue weighted by atomic mass is 16.5. The first kappa shape index (κ1) is 17.2. The molecule has 2 aromatic rings. The second-order valence-corrected chi connectivity index (χ2v) is 6.17. The fourth-order valence-electron chi connectivity index (χ4n) is 3.19.